The molecule has 0 bridgehead atoms. The zero-order chi connectivity index (χ0) is 14.7. The molecule has 1 saturated carbocycles. The highest BCUT2D eigenvalue weighted by molar-refractivity contribution is 7.09. The summed E-state index contributed by atoms with van der Waals surface area (Å²) >= 11 is 1.73. The minimum absolute atomic E-state index is 0.0377. The van der Waals surface area contributed by atoms with Crippen LogP contribution in [-0.2, 0) is 12.1 Å². The van der Waals surface area contributed by atoms with Gasteiger partial charge in [0.25, 0.3) is 0 Å². The van der Waals surface area contributed by atoms with Crippen LogP contribution in [0, 0.1) is 6.92 Å². The van der Waals surface area contributed by atoms with Crippen LogP contribution in [0.1, 0.15) is 36.4 Å². The van der Waals surface area contributed by atoms with Gasteiger partial charge in [0.15, 0.2) is 0 Å². The summed E-state index contributed by atoms with van der Waals surface area (Å²) in [5.74, 6) is 0. The number of thiazole rings is 1. The van der Waals surface area contributed by atoms with Crippen LogP contribution in [0.5, 0.6) is 0 Å². The molecule has 0 aliphatic heterocycles. The van der Waals surface area contributed by atoms with E-state index in [0.717, 1.165) is 18.5 Å². The first-order chi connectivity index (χ1) is 10.2. The van der Waals surface area contributed by atoms with Crippen molar-refractivity contribution in [3.63, 3.8) is 0 Å². The van der Waals surface area contributed by atoms with Crippen molar-refractivity contribution >= 4 is 11.3 Å². The lowest BCUT2D eigenvalue weighted by Gasteiger charge is -2.29. The monoisotopic (exact) mass is 306 g/mol. The maximum Gasteiger partial charge on any atom is 0.113 e. The van der Waals surface area contributed by atoms with Gasteiger partial charge in [-0.1, -0.05) is 12.8 Å². The number of nitrogens with one attached hydrogen (secondary N) is 1. The largest absolute Gasteiger partial charge is 0.390 e. The van der Waals surface area contributed by atoms with Crippen molar-refractivity contribution in [3.8, 4) is 0 Å². The molecule has 2 aromatic heterocycles. The molecule has 0 amide bonds. The lowest BCUT2D eigenvalue weighted by molar-refractivity contribution is 0.131. The highest BCUT2D eigenvalue weighted by atomic mass is 32.1. The number of aryl methyl sites for hydroxylation is 1. The number of hydrogen-bond donors (Lipinski definition) is 2. The fraction of sp³-hybridized carbons (Fsp3) is 0.600. The maximum atomic E-state index is 10.2. The van der Waals surface area contributed by atoms with Gasteiger partial charge in [-0.25, -0.2) is 4.98 Å². The fourth-order valence-corrected chi connectivity index (χ4v) is 4.05. The highest BCUT2D eigenvalue weighted by Gasteiger charge is 2.38. The maximum absolute atomic E-state index is 10.2. The van der Waals surface area contributed by atoms with E-state index in [1.807, 2.05) is 19.2 Å². The number of aliphatic hydroxyl groups excluding tert-OH is 1. The molecule has 0 aromatic carbocycles. The van der Waals surface area contributed by atoms with Crippen LogP contribution >= 0.6 is 11.3 Å². The van der Waals surface area contributed by atoms with Gasteiger partial charge >= 0.3 is 0 Å². The number of rotatable bonds is 6. The summed E-state index contributed by atoms with van der Waals surface area (Å²) in [6.07, 6.45) is 7.82. The van der Waals surface area contributed by atoms with Gasteiger partial charge < -0.3 is 10.4 Å². The fourth-order valence-electron chi connectivity index (χ4n) is 3.02. The Balaban J connectivity index is 1.63. The van der Waals surface area contributed by atoms with Gasteiger partial charge in [-0.3, -0.25) is 4.68 Å². The Hall–Kier alpha value is -1.24. The zero-order valence-corrected chi connectivity index (χ0v) is 13.1. The number of aromatic nitrogens is 3. The van der Waals surface area contributed by atoms with Crippen LogP contribution in [-0.4, -0.2) is 32.5 Å². The van der Waals surface area contributed by atoms with Crippen molar-refractivity contribution in [3.05, 3.63) is 34.5 Å². The third kappa shape index (κ3) is 3.33. The third-order valence-electron chi connectivity index (χ3n) is 4.12. The second kappa shape index (κ2) is 6.25. The summed E-state index contributed by atoms with van der Waals surface area (Å²) in [4.78, 5) is 4.68. The smallest absolute Gasteiger partial charge is 0.113 e. The molecule has 2 N–H and O–H groups in total. The molecule has 1 aliphatic rings. The van der Waals surface area contributed by atoms with Crippen LogP contribution < -0.4 is 5.32 Å². The second-order valence-corrected chi connectivity index (χ2v) is 6.70. The standard InChI is InChI=1S/C15H22N4OS/c1-12-11-21-14(18-12)15(5-2-3-6-15)16-9-13(20)10-19-8-4-7-17-19/h4,7-8,11,13,16,20H,2-3,5-6,9-10H2,1H3. The minimum Gasteiger partial charge on any atom is -0.390 e. The molecular formula is C15H22N4OS. The Morgan fingerprint density at radius 3 is 2.90 bits per heavy atom. The van der Waals surface area contributed by atoms with Gasteiger partial charge in [0.2, 0.25) is 0 Å². The first kappa shape index (κ1) is 14.7. The normalized spacial score (nSPS) is 19.0. The van der Waals surface area contributed by atoms with Crippen molar-refractivity contribution in [2.45, 2.75) is 50.8 Å². The molecule has 2 heterocycles. The van der Waals surface area contributed by atoms with Gasteiger partial charge in [-0.15, -0.1) is 11.3 Å². The van der Waals surface area contributed by atoms with E-state index in [9.17, 15) is 5.11 Å². The first-order valence-corrected chi connectivity index (χ1v) is 8.39. The van der Waals surface area contributed by atoms with Crippen molar-refractivity contribution in [1.29, 1.82) is 0 Å². The SMILES string of the molecule is Cc1csc(C2(NCC(O)Cn3cccn3)CCCC2)n1. The van der Waals surface area contributed by atoms with Crippen LogP contribution in [0.25, 0.3) is 0 Å². The van der Waals surface area contributed by atoms with E-state index in [-0.39, 0.29) is 5.54 Å². The Morgan fingerprint density at radius 1 is 1.48 bits per heavy atom. The van der Waals surface area contributed by atoms with E-state index in [4.69, 9.17) is 0 Å². The average Bonchev–Trinajstić information content (AvgIpc) is 3.17. The van der Waals surface area contributed by atoms with Crippen molar-refractivity contribution in [1.82, 2.24) is 20.1 Å². The predicted molar refractivity (Wildman–Crippen MR) is 83.2 cm³/mol. The number of nitrogens with zero attached hydrogens (tertiary/aromatic N) is 3. The van der Waals surface area contributed by atoms with E-state index in [2.05, 4.69) is 20.8 Å². The third-order valence-corrected chi connectivity index (χ3v) is 5.28. The van der Waals surface area contributed by atoms with Crippen molar-refractivity contribution in [2.24, 2.45) is 0 Å². The van der Waals surface area contributed by atoms with Gasteiger partial charge in [-0.05, 0) is 25.8 Å². The van der Waals surface area contributed by atoms with E-state index in [1.54, 1.807) is 22.2 Å². The summed E-state index contributed by atoms with van der Waals surface area (Å²) < 4.78 is 1.77. The molecule has 6 heteroatoms. The quantitative estimate of drug-likeness (QED) is 0.857. The Bertz CT molecular complexity index is 560. The van der Waals surface area contributed by atoms with E-state index in [1.165, 1.54) is 17.8 Å². The second-order valence-electron chi connectivity index (χ2n) is 5.85. The van der Waals surface area contributed by atoms with Crippen LogP contribution in [0.15, 0.2) is 23.8 Å². The molecule has 21 heavy (non-hydrogen) atoms. The summed E-state index contributed by atoms with van der Waals surface area (Å²) in [5, 5.41) is 21.2. The van der Waals surface area contributed by atoms with Crippen LogP contribution in [0.2, 0.25) is 0 Å². The zero-order valence-electron chi connectivity index (χ0n) is 12.3. The summed E-state index contributed by atoms with van der Waals surface area (Å²) in [7, 11) is 0. The molecule has 114 valence electrons. The minimum atomic E-state index is -0.441. The molecule has 1 aliphatic carbocycles. The predicted octanol–water partition coefficient (Wildman–Crippen LogP) is 2.07. The molecule has 1 unspecified atom stereocenters. The van der Waals surface area contributed by atoms with E-state index >= 15 is 0 Å². The summed E-state index contributed by atoms with van der Waals surface area (Å²) in [5.41, 5.74) is 1.05. The molecular weight excluding hydrogens is 284 g/mol. The van der Waals surface area contributed by atoms with Crippen molar-refractivity contribution < 1.29 is 5.11 Å². The molecule has 1 atom stereocenters. The van der Waals surface area contributed by atoms with Crippen LogP contribution in [0.3, 0.4) is 0 Å². The molecule has 0 spiro atoms. The van der Waals surface area contributed by atoms with Crippen molar-refractivity contribution in [2.75, 3.05) is 6.54 Å². The lowest BCUT2D eigenvalue weighted by atomic mass is 9.98. The highest BCUT2D eigenvalue weighted by Crippen LogP contribution is 2.40. The summed E-state index contributed by atoms with van der Waals surface area (Å²) in [6, 6.07) is 1.87. The Kier molecular flexibility index (Phi) is 4.37. The van der Waals surface area contributed by atoms with E-state index < -0.39 is 6.10 Å². The number of aliphatic hydroxyl groups is 1. The van der Waals surface area contributed by atoms with Gasteiger partial charge in [0, 0.05) is 30.0 Å². The molecule has 3 rings (SSSR count). The Morgan fingerprint density at radius 2 is 2.29 bits per heavy atom. The molecule has 1 fully saturated rings. The molecule has 0 saturated heterocycles. The van der Waals surface area contributed by atoms with Gasteiger partial charge in [0.1, 0.15) is 5.01 Å². The van der Waals surface area contributed by atoms with Gasteiger partial charge in [0.05, 0.1) is 18.2 Å². The van der Waals surface area contributed by atoms with Crippen LogP contribution in [0.4, 0.5) is 0 Å². The first-order valence-electron chi connectivity index (χ1n) is 7.51. The molecule has 5 nitrogen and oxygen atoms in total. The Labute approximate surface area is 129 Å². The lowest BCUT2D eigenvalue weighted by Crippen LogP contribution is -2.44. The number of hydrogen-bond acceptors (Lipinski definition) is 5. The average molecular weight is 306 g/mol. The molecule has 0 radical (unpaired) electrons. The van der Waals surface area contributed by atoms with Gasteiger partial charge in [-0.2, -0.15) is 5.10 Å². The topological polar surface area (TPSA) is 63.0 Å². The molecule has 2 aromatic rings. The van der Waals surface area contributed by atoms with E-state index in [0.29, 0.717) is 13.1 Å². The summed E-state index contributed by atoms with van der Waals surface area (Å²) in [6.45, 7) is 3.13.